The SMILES string of the molecule is O=C(CCC(=O)c1ccccc1CO)c1ccc2occc2c1. The molecule has 0 saturated heterocycles. The standard InChI is InChI=1S/C19H16O4/c20-12-15-3-1-2-4-16(15)18(22)7-6-17(21)13-5-8-19-14(11-13)9-10-23-19/h1-5,8-11,20H,6-7,12H2. The van der Waals surface area contributed by atoms with Crippen molar-refractivity contribution < 1.29 is 19.1 Å². The average molecular weight is 308 g/mol. The van der Waals surface area contributed by atoms with Crippen molar-refractivity contribution >= 4 is 22.5 Å². The van der Waals surface area contributed by atoms with Gasteiger partial charge in [-0.25, -0.2) is 0 Å². The van der Waals surface area contributed by atoms with Crippen LogP contribution in [0.2, 0.25) is 0 Å². The normalized spacial score (nSPS) is 10.8. The number of benzene rings is 2. The minimum Gasteiger partial charge on any atom is -0.464 e. The first-order valence-corrected chi connectivity index (χ1v) is 7.41. The molecule has 0 aliphatic rings. The Morgan fingerprint density at radius 3 is 2.57 bits per heavy atom. The van der Waals surface area contributed by atoms with Crippen LogP contribution in [0.25, 0.3) is 11.0 Å². The Hall–Kier alpha value is -2.72. The Labute approximate surface area is 133 Å². The average Bonchev–Trinajstić information content (AvgIpc) is 3.06. The van der Waals surface area contributed by atoms with Gasteiger partial charge >= 0.3 is 0 Å². The molecule has 0 aliphatic heterocycles. The molecule has 3 aromatic rings. The van der Waals surface area contributed by atoms with E-state index in [1.54, 1.807) is 54.8 Å². The first-order valence-electron chi connectivity index (χ1n) is 7.41. The van der Waals surface area contributed by atoms with Crippen molar-refractivity contribution in [1.29, 1.82) is 0 Å². The molecule has 0 amide bonds. The summed E-state index contributed by atoms with van der Waals surface area (Å²) in [6.07, 6.45) is 1.84. The lowest BCUT2D eigenvalue weighted by molar-refractivity contribution is 0.0916. The highest BCUT2D eigenvalue weighted by Crippen LogP contribution is 2.19. The second kappa shape index (κ2) is 6.58. The van der Waals surface area contributed by atoms with E-state index >= 15 is 0 Å². The van der Waals surface area contributed by atoms with Crippen molar-refractivity contribution in [3.05, 3.63) is 71.5 Å². The Kier molecular flexibility index (Phi) is 4.35. The van der Waals surface area contributed by atoms with Gasteiger partial charge in [0, 0.05) is 29.4 Å². The zero-order valence-electron chi connectivity index (χ0n) is 12.5. The summed E-state index contributed by atoms with van der Waals surface area (Å²) in [6.45, 7) is -0.187. The molecule has 4 nitrogen and oxygen atoms in total. The minimum atomic E-state index is -0.187. The third kappa shape index (κ3) is 3.22. The number of rotatable bonds is 6. The molecule has 1 N–H and O–H groups in total. The van der Waals surface area contributed by atoms with Crippen LogP contribution in [-0.4, -0.2) is 16.7 Å². The first kappa shape index (κ1) is 15.2. The molecule has 0 unspecified atom stereocenters. The van der Waals surface area contributed by atoms with Gasteiger partial charge in [0.15, 0.2) is 11.6 Å². The number of carbonyl (C=O) groups excluding carboxylic acids is 2. The molecule has 0 bridgehead atoms. The molecule has 3 rings (SSSR count). The van der Waals surface area contributed by atoms with E-state index in [4.69, 9.17) is 4.42 Å². The predicted molar refractivity (Wildman–Crippen MR) is 86.5 cm³/mol. The fourth-order valence-electron chi connectivity index (χ4n) is 2.58. The zero-order chi connectivity index (χ0) is 16.2. The molecule has 4 heteroatoms. The Bertz CT molecular complexity index is 860. The van der Waals surface area contributed by atoms with E-state index in [1.165, 1.54) is 0 Å². The molecule has 0 saturated carbocycles. The highest BCUT2D eigenvalue weighted by atomic mass is 16.3. The van der Waals surface area contributed by atoms with Crippen LogP contribution in [0.3, 0.4) is 0 Å². The summed E-state index contributed by atoms with van der Waals surface area (Å²) < 4.78 is 5.25. The quantitative estimate of drug-likeness (QED) is 0.704. The number of aliphatic hydroxyl groups excluding tert-OH is 1. The summed E-state index contributed by atoms with van der Waals surface area (Å²) in [5.74, 6) is -0.213. The molecule has 23 heavy (non-hydrogen) atoms. The molecular weight excluding hydrogens is 292 g/mol. The van der Waals surface area contributed by atoms with Gasteiger partial charge in [-0.2, -0.15) is 0 Å². The molecule has 0 spiro atoms. The van der Waals surface area contributed by atoms with Crippen molar-refractivity contribution in [1.82, 2.24) is 0 Å². The Balaban J connectivity index is 1.69. The monoisotopic (exact) mass is 308 g/mol. The number of aliphatic hydroxyl groups is 1. The number of carbonyl (C=O) groups is 2. The van der Waals surface area contributed by atoms with Crippen LogP contribution in [0.5, 0.6) is 0 Å². The van der Waals surface area contributed by atoms with Gasteiger partial charge in [-0.3, -0.25) is 9.59 Å². The van der Waals surface area contributed by atoms with E-state index in [0.29, 0.717) is 16.7 Å². The molecule has 116 valence electrons. The second-order valence-electron chi connectivity index (χ2n) is 5.33. The number of hydrogen-bond acceptors (Lipinski definition) is 4. The van der Waals surface area contributed by atoms with Gasteiger partial charge < -0.3 is 9.52 Å². The lowest BCUT2D eigenvalue weighted by Gasteiger charge is -2.06. The Morgan fingerprint density at radius 1 is 0.957 bits per heavy atom. The van der Waals surface area contributed by atoms with Gasteiger partial charge in [-0.05, 0) is 29.8 Å². The molecule has 0 fully saturated rings. The van der Waals surface area contributed by atoms with E-state index in [0.717, 1.165) is 11.0 Å². The van der Waals surface area contributed by atoms with Crippen LogP contribution >= 0.6 is 0 Å². The van der Waals surface area contributed by atoms with E-state index < -0.39 is 0 Å². The maximum atomic E-state index is 12.3. The lowest BCUT2D eigenvalue weighted by atomic mass is 9.98. The van der Waals surface area contributed by atoms with Crippen LogP contribution in [0.4, 0.5) is 0 Å². The first-order chi connectivity index (χ1) is 11.2. The largest absolute Gasteiger partial charge is 0.464 e. The summed E-state index contributed by atoms with van der Waals surface area (Å²) in [4.78, 5) is 24.5. The van der Waals surface area contributed by atoms with Crippen LogP contribution in [-0.2, 0) is 6.61 Å². The van der Waals surface area contributed by atoms with Crippen molar-refractivity contribution in [3.63, 3.8) is 0 Å². The maximum Gasteiger partial charge on any atom is 0.163 e. The molecule has 2 aromatic carbocycles. The van der Waals surface area contributed by atoms with Crippen LogP contribution < -0.4 is 0 Å². The summed E-state index contributed by atoms with van der Waals surface area (Å²) in [5, 5.41) is 10.1. The van der Waals surface area contributed by atoms with Gasteiger partial charge in [-0.15, -0.1) is 0 Å². The van der Waals surface area contributed by atoms with Gasteiger partial charge in [0.25, 0.3) is 0 Å². The zero-order valence-corrected chi connectivity index (χ0v) is 12.5. The smallest absolute Gasteiger partial charge is 0.163 e. The second-order valence-corrected chi connectivity index (χ2v) is 5.33. The number of hydrogen-bond donors (Lipinski definition) is 1. The van der Waals surface area contributed by atoms with Gasteiger partial charge in [-0.1, -0.05) is 24.3 Å². The fourth-order valence-corrected chi connectivity index (χ4v) is 2.58. The van der Waals surface area contributed by atoms with Crippen LogP contribution in [0.1, 0.15) is 39.1 Å². The maximum absolute atomic E-state index is 12.3. The number of ketones is 2. The summed E-state index contributed by atoms with van der Waals surface area (Å²) >= 11 is 0. The highest BCUT2D eigenvalue weighted by molar-refractivity contribution is 6.04. The molecule has 1 aromatic heterocycles. The molecular formula is C19H16O4. The van der Waals surface area contributed by atoms with Crippen LogP contribution in [0, 0.1) is 0 Å². The van der Waals surface area contributed by atoms with Crippen LogP contribution in [0.15, 0.2) is 59.2 Å². The number of furan rings is 1. The predicted octanol–water partition coefficient (Wildman–Crippen LogP) is 3.77. The summed E-state index contributed by atoms with van der Waals surface area (Å²) in [7, 11) is 0. The minimum absolute atomic E-state index is 0.0806. The van der Waals surface area contributed by atoms with E-state index in [-0.39, 0.29) is 31.0 Å². The van der Waals surface area contributed by atoms with Gasteiger partial charge in [0.2, 0.25) is 0 Å². The topological polar surface area (TPSA) is 67.5 Å². The van der Waals surface area contributed by atoms with Gasteiger partial charge in [0.1, 0.15) is 5.58 Å². The third-order valence-electron chi connectivity index (χ3n) is 3.84. The van der Waals surface area contributed by atoms with Crippen molar-refractivity contribution in [2.45, 2.75) is 19.4 Å². The van der Waals surface area contributed by atoms with Gasteiger partial charge in [0.05, 0.1) is 12.9 Å². The fraction of sp³-hybridized carbons (Fsp3) is 0.158. The van der Waals surface area contributed by atoms with Crippen molar-refractivity contribution in [3.8, 4) is 0 Å². The lowest BCUT2D eigenvalue weighted by Crippen LogP contribution is -2.07. The third-order valence-corrected chi connectivity index (χ3v) is 3.84. The Morgan fingerprint density at radius 2 is 1.74 bits per heavy atom. The van der Waals surface area contributed by atoms with E-state index in [1.807, 2.05) is 0 Å². The summed E-state index contributed by atoms with van der Waals surface area (Å²) in [5.41, 5.74) is 2.37. The molecule has 1 heterocycles. The summed E-state index contributed by atoms with van der Waals surface area (Å²) in [6, 6.07) is 13.9. The number of Topliss-reactive ketones (excluding diaryl/α,β-unsaturated/α-hetero) is 2. The molecule has 0 radical (unpaired) electrons. The van der Waals surface area contributed by atoms with E-state index in [9.17, 15) is 14.7 Å². The molecule has 0 aliphatic carbocycles. The van der Waals surface area contributed by atoms with E-state index in [2.05, 4.69) is 0 Å². The molecule has 0 atom stereocenters. The highest BCUT2D eigenvalue weighted by Gasteiger charge is 2.14. The van der Waals surface area contributed by atoms with Crippen molar-refractivity contribution in [2.24, 2.45) is 0 Å². The van der Waals surface area contributed by atoms with Crippen molar-refractivity contribution in [2.75, 3.05) is 0 Å². The number of fused-ring (bicyclic) bond motifs is 1.